The van der Waals surface area contributed by atoms with Crippen molar-refractivity contribution in [1.82, 2.24) is 20.6 Å². The zero-order valence-corrected chi connectivity index (χ0v) is 22.2. The highest BCUT2D eigenvalue weighted by atomic mass is 79.9. The van der Waals surface area contributed by atoms with Crippen LogP contribution in [0.4, 0.5) is 0 Å². The maximum atomic E-state index is 4.52. The van der Waals surface area contributed by atoms with E-state index in [1.807, 2.05) is 6.07 Å². The molecule has 0 aliphatic rings. The topological polar surface area (TPSA) is 54.5 Å². The molecule has 1 heterocycles. The summed E-state index contributed by atoms with van der Waals surface area (Å²) in [4.78, 5) is 0. The summed E-state index contributed by atoms with van der Waals surface area (Å²) >= 11 is 3.83. The first-order valence-corrected chi connectivity index (χ1v) is 13.6. The number of nitrogens with zero attached hydrogens (tertiary/aromatic N) is 3. The van der Waals surface area contributed by atoms with Gasteiger partial charge in [0, 0.05) is 10.9 Å². The molecule has 1 aromatic heterocycles. The van der Waals surface area contributed by atoms with Crippen LogP contribution in [0.5, 0.6) is 0 Å². The third kappa shape index (κ3) is 4.05. The smallest absolute Gasteiger partial charge is 0.177 e. The van der Waals surface area contributed by atoms with E-state index < -0.39 is 5.41 Å². The second-order valence-corrected chi connectivity index (χ2v) is 9.66. The van der Waals surface area contributed by atoms with Crippen LogP contribution in [0.3, 0.4) is 0 Å². The van der Waals surface area contributed by atoms with E-state index in [1.165, 1.54) is 0 Å². The van der Waals surface area contributed by atoms with Gasteiger partial charge in [-0.05, 0) is 44.2 Å². The third-order valence-electron chi connectivity index (χ3n) is 7.12. The standard InChI is InChI=1S/C33H25BrN4/c34-23-29-28(24-13-5-1-6-14-24)21-22-30(31(29)32-35-37-38-36-32)33(25-15-7-2-8-16-25,26-17-9-3-10-18-26)27-19-11-4-12-20-27/h1-22H,23H2,(H,35,36,37,38). The van der Waals surface area contributed by atoms with Crippen LogP contribution in [0.15, 0.2) is 133 Å². The van der Waals surface area contributed by atoms with Crippen LogP contribution in [0.25, 0.3) is 22.5 Å². The zero-order chi connectivity index (χ0) is 25.8. The molecule has 0 unspecified atom stereocenters. The van der Waals surface area contributed by atoms with Gasteiger partial charge in [-0.15, -0.1) is 10.2 Å². The zero-order valence-electron chi connectivity index (χ0n) is 20.6. The SMILES string of the molecule is BrCc1c(-c2ccccc2)ccc(C(c2ccccc2)(c2ccccc2)c2ccccc2)c1-c1nn[nH]n1. The quantitative estimate of drug-likeness (QED) is 0.161. The summed E-state index contributed by atoms with van der Waals surface area (Å²) in [6.07, 6.45) is 0. The molecule has 0 atom stereocenters. The number of halogens is 1. The van der Waals surface area contributed by atoms with Gasteiger partial charge in [-0.3, -0.25) is 0 Å². The molecule has 1 N–H and O–H groups in total. The van der Waals surface area contributed by atoms with Crippen molar-refractivity contribution in [3.05, 3.63) is 161 Å². The van der Waals surface area contributed by atoms with Gasteiger partial charge in [0.15, 0.2) is 0 Å². The van der Waals surface area contributed by atoms with Crippen molar-refractivity contribution >= 4 is 15.9 Å². The highest BCUT2D eigenvalue weighted by Crippen LogP contribution is 2.50. The van der Waals surface area contributed by atoms with Gasteiger partial charge in [-0.25, -0.2) is 0 Å². The minimum atomic E-state index is -0.633. The lowest BCUT2D eigenvalue weighted by molar-refractivity contribution is 0.745. The fraction of sp³-hybridized carbons (Fsp3) is 0.0606. The van der Waals surface area contributed by atoms with Gasteiger partial charge in [-0.2, -0.15) is 5.21 Å². The van der Waals surface area contributed by atoms with Crippen molar-refractivity contribution in [3.8, 4) is 22.5 Å². The van der Waals surface area contributed by atoms with E-state index in [2.05, 4.69) is 164 Å². The van der Waals surface area contributed by atoms with Gasteiger partial charge in [-0.1, -0.05) is 149 Å². The molecule has 0 saturated carbocycles. The number of nitrogens with one attached hydrogen (secondary N) is 1. The highest BCUT2D eigenvalue weighted by Gasteiger charge is 2.41. The molecule has 0 bridgehead atoms. The van der Waals surface area contributed by atoms with Crippen LogP contribution in [-0.4, -0.2) is 20.6 Å². The van der Waals surface area contributed by atoms with Gasteiger partial charge < -0.3 is 0 Å². The molecule has 5 heteroatoms. The van der Waals surface area contributed by atoms with E-state index in [-0.39, 0.29) is 0 Å². The third-order valence-corrected chi connectivity index (χ3v) is 7.69. The minimum Gasteiger partial charge on any atom is -0.177 e. The normalized spacial score (nSPS) is 11.4. The predicted molar refractivity (Wildman–Crippen MR) is 156 cm³/mol. The van der Waals surface area contributed by atoms with E-state index in [9.17, 15) is 0 Å². The molecule has 0 spiro atoms. The van der Waals surface area contributed by atoms with Crippen molar-refractivity contribution < 1.29 is 0 Å². The summed E-state index contributed by atoms with van der Waals surface area (Å²) in [7, 11) is 0. The second-order valence-electron chi connectivity index (χ2n) is 9.10. The number of benzene rings is 5. The number of aromatic amines is 1. The summed E-state index contributed by atoms with van der Waals surface area (Å²) in [5, 5.41) is 16.3. The molecule has 6 rings (SSSR count). The fourth-order valence-electron chi connectivity index (χ4n) is 5.54. The Labute approximate surface area is 230 Å². The fourth-order valence-corrected chi connectivity index (χ4v) is 6.12. The van der Waals surface area contributed by atoms with E-state index >= 15 is 0 Å². The average Bonchev–Trinajstić information content (AvgIpc) is 3.54. The highest BCUT2D eigenvalue weighted by molar-refractivity contribution is 9.08. The maximum Gasteiger partial charge on any atom is 0.205 e. The van der Waals surface area contributed by atoms with Crippen LogP contribution in [0.2, 0.25) is 0 Å². The predicted octanol–water partition coefficient (Wildman–Crippen LogP) is 7.81. The Hall–Kier alpha value is -4.35. The van der Waals surface area contributed by atoms with Gasteiger partial charge >= 0.3 is 0 Å². The van der Waals surface area contributed by atoms with Gasteiger partial charge in [0.05, 0.1) is 5.41 Å². The number of alkyl halides is 1. The molecule has 0 saturated heterocycles. The summed E-state index contributed by atoms with van der Waals surface area (Å²) in [5.41, 5.74) is 8.30. The van der Waals surface area contributed by atoms with Crippen molar-refractivity contribution in [2.24, 2.45) is 0 Å². The van der Waals surface area contributed by atoms with Gasteiger partial charge in [0.25, 0.3) is 0 Å². The Morgan fingerprint density at radius 3 is 1.55 bits per heavy atom. The maximum absolute atomic E-state index is 4.52. The van der Waals surface area contributed by atoms with Crippen LogP contribution in [-0.2, 0) is 10.7 Å². The van der Waals surface area contributed by atoms with Gasteiger partial charge in [0.2, 0.25) is 5.82 Å². The van der Waals surface area contributed by atoms with Crippen LogP contribution in [0, 0.1) is 0 Å². The molecular weight excluding hydrogens is 532 g/mol. The molecule has 5 aromatic carbocycles. The van der Waals surface area contributed by atoms with E-state index in [0.29, 0.717) is 11.2 Å². The van der Waals surface area contributed by atoms with E-state index in [1.54, 1.807) is 0 Å². The summed E-state index contributed by atoms with van der Waals surface area (Å²) < 4.78 is 0. The first-order valence-electron chi connectivity index (χ1n) is 12.5. The van der Waals surface area contributed by atoms with Crippen molar-refractivity contribution in [1.29, 1.82) is 0 Å². The molecule has 0 aliphatic carbocycles. The lowest BCUT2D eigenvalue weighted by Crippen LogP contribution is -2.32. The Balaban J connectivity index is 1.80. The Bertz CT molecular complexity index is 1520. The van der Waals surface area contributed by atoms with Crippen molar-refractivity contribution in [3.63, 3.8) is 0 Å². The molecule has 38 heavy (non-hydrogen) atoms. The summed E-state index contributed by atoms with van der Waals surface area (Å²) in [6.45, 7) is 0. The van der Waals surface area contributed by atoms with Gasteiger partial charge in [0.1, 0.15) is 0 Å². The van der Waals surface area contributed by atoms with Crippen molar-refractivity contribution in [2.45, 2.75) is 10.7 Å². The molecule has 184 valence electrons. The largest absolute Gasteiger partial charge is 0.205 e. The molecule has 0 fully saturated rings. The molecule has 6 aromatic rings. The monoisotopic (exact) mass is 556 g/mol. The number of hydrogen-bond donors (Lipinski definition) is 1. The molecule has 0 amide bonds. The molecule has 0 radical (unpaired) electrons. The van der Waals surface area contributed by atoms with E-state index in [4.69, 9.17) is 0 Å². The summed E-state index contributed by atoms with van der Waals surface area (Å²) in [5.74, 6) is 0.569. The number of aromatic nitrogens is 4. The summed E-state index contributed by atoms with van der Waals surface area (Å²) in [6, 6.07) is 47.0. The van der Waals surface area contributed by atoms with Crippen LogP contribution in [0.1, 0.15) is 27.8 Å². The Morgan fingerprint density at radius 2 is 1.11 bits per heavy atom. The number of tetrazole rings is 1. The molecule has 4 nitrogen and oxygen atoms in total. The first kappa shape index (κ1) is 24.0. The van der Waals surface area contributed by atoms with Crippen molar-refractivity contribution in [2.75, 3.05) is 0 Å². The molecule has 0 aliphatic heterocycles. The minimum absolute atomic E-state index is 0.569. The number of hydrogen-bond acceptors (Lipinski definition) is 3. The Morgan fingerprint density at radius 1 is 0.605 bits per heavy atom. The lowest BCUT2D eigenvalue weighted by Gasteiger charge is -2.38. The number of H-pyrrole nitrogens is 1. The number of rotatable bonds is 7. The van der Waals surface area contributed by atoms with E-state index in [0.717, 1.165) is 44.5 Å². The average molecular weight is 557 g/mol. The van der Waals surface area contributed by atoms with Crippen LogP contribution >= 0.6 is 15.9 Å². The Kier molecular flexibility index (Phi) is 6.67. The lowest BCUT2D eigenvalue weighted by atomic mass is 9.63. The second kappa shape index (κ2) is 10.6. The van der Waals surface area contributed by atoms with Crippen LogP contribution < -0.4 is 0 Å². The molecular formula is C33H25BrN4. The first-order chi connectivity index (χ1) is 18.8.